The average Bonchev–Trinajstić information content (AvgIpc) is 2.07. The van der Waals surface area contributed by atoms with Crippen molar-refractivity contribution in [1.82, 2.24) is 9.38 Å². The Morgan fingerprint density at radius 3 is 3.08 bits per heavy atom. The van der Waals surface area contributed by atoms with E-state index < -0.39 is 11.4 Å². The number of halogens is 2. The summed E-state index contributed by atoms with van der Waals surface area (Å²) in [6, 6.07) is 3.78. The molecular weight excluding hydrogens is 195 g/mol. The maximum Gasteiger partial charge on any atom is 0.259 e. The molecule has 0 atom stereocenters. The first-order valence-corrected chi connectivity index (χ1v) is 3.90. The fourth-order valence-corrected chi connectivity index (χ4v) is 1.24. The van der Waals surface area contributed by atoms with Gasteiger partial charge in [0.1, 0.15) is 5.15 Å². The zero-order valence-electron chi connectivity index (χ0n) is 6.37. The van der Waals surface area contributed by atoms with Gasteiger partial charge in [0, 0.05) is 12.3 Å². The van der Waals surface area contributed by atoms with E-state index in [4.69, 9.17) is 11.6 Å². The maximum atomic E-state index is 13.1. The molecule has 2 aromatic heterocycles. The van der Waals surface area contributed by atoms with Crippen LogP contribution in [0.5, 0.6) is 0 Å². The standard InChI is InChI=1S/C8H4ClFN2O/c9-6-4-7(13)12-3-1-2-5(10)8(12)11-6/h1-4H. The van der Waals surface area contributed by atoms with E-state index in [0.717, 1.165) is 10.5 Å². The molecule has 0 saturated heterocycles. The van der Waals surface area contributed by atoms with E-state index in [0.29, 0.717) is 0 Å². The Hall–Kier alpha value is -1.42. The molecule has 2 aromatic rings. The molecule has 66 valence electrons. The van der Waals surface area contributed by atoms with Crippen LogP contribution in [-0.4, -0.2) is 9.38 Å². The summed E-state index contributed by atoms with van der Waals surface area (Å²) in [5, 5.41) is -0.00454. The van der Waals surface area contributed by atoms with Gasteiger partial charge in [0.2, 0.25) is 0 Å². The maximum absolute atomic E-state index is 13.1. The molecule has 13 heavy (non-hydrogen) atoms. The van der Waals surface area contributed by atoms with E-state index in [1.807, 2.05) is 0 Å². The predicted octanol–water partition coefficient (Wildman–Crippen LogP) is 1.49. The minimum absolute atomic E-state index is 0.00454. The summed E-state index contributed by atoms with van der Waals surface area (Å²) in [5.41, 5.74) is -0.450. The molecule has 0 aliphatic rings. The topological polar surface area (TPSA) is 34.4 Å². The van der Waals surface area contributed by atoms with Gasteiger partial charge in [-0.1, -0.05) is 11.6 Å². The molecule has 2 heterocycles. The third-order valence-corrected chi connectivity index (χ3v) is 1.81. The minimum Gasteiger partial charge on any atom is -0.269 e. The van der Waals surface area contributed by atoms with Crippen LogP contribution in [0.2, 0.25) is 5.15 Å². The van der Waals surface area contributed by atoms with E-state index in [2.05, 4.69) is 4.98 Å². The lowest BCUT2D eigenvalue weighted by atomic mass is 10.4. The highest BCUT2D eigenvalue weighted by molar-refractivity contribution is 6.29. The van der Waals surface area contributed by atoms with E-state index in [1.165, 1.54) is 18.3 Å². The Balaban J connectivity index is 3.03. The largest absolute Gasteiger partial charge is 0.269 e. The molecule has 0 spiro atoms. The molecule has 3 nitrogen and oxygen atoms in total. The quantitative estimate of drug-likeness (QED) is 0.601. The van der Waals surface area contributed by atoms with Gasteiger partial charge in [-0.15, -0.1) is 0 Å². The second-order valence-corrected chi connectivity index (χ2v) is 2.85. The van der Waals surface area contributed by atoms with Gasteiger partial charge in [0.05, 0.1) is 0 Å². The van der Waals surface area contributed by atoms with E-state index in [9.17, 15) is 9.18 Å². The normalized spacial score (nSPS) is 10.6. The van der Waals surface area contributed by atoms with Gasteiger partial charge in [-0.2, -0.15) is 0 Å². The van der Waals surface area contributed by atoms with E-state index >= 15 is 0 Å². The molecular formula is C8H4ClFN2O. The van der Waals surface area contributed by atoms with Crippen LogP contribution in [0.15, 0.2) is 29.2 Å². The first-order valence-electron chi connectivity index (χ1n) is 3.52. The third kappa shape index (κ3) is 1.29. The molecule has 0 aromatic carbocycles. The van der Waals surface area contributed by atoms with Crippen LogP contribution in [-0.2, 0) is 0 Å². The number of hydrogen-bond donors (Lipinski definition) is 0. The van der Waals surface area contributed by atoms with Crippen molar-refractivity contribution in [2.75, 3.05) is 0 Å². The number of aromatic nitrogens is 2. The van der Waals surface area contributed by atoms with E-state index in [-0.39, 0.29) is 10.8 Å². The molecule has 2 rings (SSSR count). The molecule has 0 aliphatic carbocycles. The summed E-state index contributed by atoms with van der Waals surface area (Å²) in [4.78, 5) is 14.9. The van der Waals surface area contributed by atoms with E-state index in [1.54, 1.807) is 0 Å². The molecule has 0 fully saturated rings. The Kier molecular flexibility index (Phi) is 1.77. The summed E-state index contributed by atoms with van der Waals surface area (Å²) in [6.45, 7) is 0. The Labute approximate surface area is 77.4 Å². The van der Waals surface area contributed by atoms with Crippen molar-refractivity contribution >= 4 is 17.2 Å². The van der Waals surface area contributed by atoms with Crippen molar-refractivity contribution in [3.8, 4) is 0 Å². The van der Waals surface area contributed by atoms with Gasteiger partial charge in [-0.05, 0) is 12.1 Å². The summed E-state index contributed by atoms with van der Waals surface area (Å²) in [5.74, 6) is -0.568. The van der Waals surface area contributed by atoms with Crippen LogP contribution in [0.1, 0.15) is 0 Å². The number of hydrogen-bond acceptors (Lipinski definition) is 2. The van der Waals surface area contributed by atoms with Gasteiger partial charge in [-0.3, -0.25) is 9.20 Å². The second kappa shape index (κ2) is 2.81. The third-order valence-electron chi connectivity index (χ3n) is 1.61. The SMILES string of the molecule is O=c1cc(Cl)nc2c(F)cccn12. The lowest BCUT2D eigenvalue weighted by Gasteiger charge is -1.99. The number of nitrogens with zero attached hydrogens (tertiary/aromatic N) is 2. The summed E-state index contributed by atoms with van der Waals surface area (Å²) >= 11 is 5.50. The second-order valence-electron chi connectivity index (χ2n) is 2.47. The first-order chi connectivity index (χ1) is 6.18. The lowest BCUT2D eigenvalue weighted by Crippen LogP contribution is -2.14. The highest BCUT2D eigenvalue weighted by Crippen LogP contribution is 2.07. The Morgan fingerprint density at radius 2 is 2.31 bits per heavy atom. The molecule has 5 heteroatoms. The Morgan fingerprint density at radius 1 is 1.54 bits per heavy atom. The van der Waals surface area contributed by atoms with Crippen molar-refractivity contribution in [2.45, 2.75) is 0 Å². The van der Waals surface area contributed by atoms with Crippen LogP contribution >= 0.6 is 11.6 Å². The number of fused-ring (bicyclic) bond motifs is 1. The van der Waals surface area contributed by atoms with Gasteiger partial charge in [0.15, 0.2) is 11.5 Å². The number of rotatable bonds is 0. The van der Waals surface area contributed by atoms with Gasteiger partial charge in [-0.25, -0.2) is 9.37 Å². The zero-order chi connectivity index (χ0) is 9.42. The fourth-order valence-electron chi connectivity index (χ4n) is 1.06. The van der Waals surface area contributed by atoms with Crippen LogP contribution < -0.4 is 5.56 Å². The van der Waals surface area contributed by atoms with Crippen LogP contribution in [0.25, 0.3) is 5.65 Å². The van der Waals surface area contributed by atoms with Crippen molar-refractivity contribution in [1.29, 1.82) is 0 Å². The van der Waals surface area contributed by atoms with Gasteiger partial charge < -0.3 is 0 Å². The minimum atomic E-state index is -0.568. The molecule has 0 unspecified atom stereocenters. The summed E-state index contributed by atoms with van der Waals surface area (Å²) in [7, 11) is 0. The van der Waals surface area contributed by atoms with Crippen molar-refractivity contribution in [3.05, 3.63) is 45.7 Å². The number of pyridine rings is 1. The zero-order valence-corrected chi connectivity index (χ0v) is 7.12. The smallest absolute Gasteiger partial charge is 0.259 e. The van der Waals surface area contributed by atoms with Crippen LogP contribution in [0.4, 0.5) is 4.39 Å². The molecule has 0 amide bonds. The van der Waals surface area contributed by atoms with Crippen molar-refractivity contribution < 1.29 is 4.39 Å². The van der Waals surface area contributed by atoms with Crippen LogP contribution in [0.3, 0.4) is 0 Å². The molecule has 0 bridgehead atoms. The average molecular weight is 199 g/mol. The molecule has 0 N–H and O–H groups in total. The van der Waals surface area contributed by atoms with Gasteiger partial charge in [0.25, 0.3) is 5.56 Å². The predicted molar refractivity (Wildman–Crippen MR) is 46.4 cm³/mol. The molecule has 0 radical (unpaired) electrons. The molecule has 0 aliphatic heterocycles. The van der Waals surface area contributed by atoms with Crippen LogP contribution in [0, 0.1) is 5.82 Å². The molecule has 0 saturated carbocycles. The summed E-state index contributed by atoms with van der Waals surface area (Å²) < 4.78 is 14.2. The fraction of sp³-hybridized carbons (Fsp3) is 0. The first kappa shape index (κ1) is 8.19. The Bertz CT molecular complexity index is 523. The monoisotopic (exact) mass is 198 g/mol. The highest BCUT2D eigenvalue weighted by Gasteiger charge is 2.03. The van der Waals surface area contributed by atoms with Crippen molar-refractivity contribution in [3.63, 3.8) is 0 Å². The van der Waals surface area contributed by atoms with Gasteiger partial charge >= 0.3 is 0 Å². The lowest BCUT2D eigenvalue weighted by molar-refractivity contribution is 0.627. The van der Waals surface area contributed by atoms with Crippen molar-refractivity contribution in [2.24, 2.45) is 0 Å². The highest BCUT2D eigenvalue weighted by atomic mass is 35.5. The summed E-state index contributed by atoms with van der Waals surface area (Å²) in [6.07, 6.45) is 1.43.